The number of hydrogen-bond acceptors (Lipinski definition) is 4. The standard InChI is InChI=1S/C11H14N6S2/c1-12-10(18)16-13-7-8-14-17-11(19)15-9-5-3-2-4-6-9/h2-8H,1H3,(H2,12,16,18)(H2,15,17,19). The van der Waals surface area contributed by atoms with Crippen LogP contribution in [-0.4, -0.2) is 29.7 Å². The van der Waals surface area contributed by atoms with Gasteiger partial charge in [-0.3, -0.25) is 10.9 Å². The first-order valence-electron chi connectivity index (χ1n) is 5.37. The lowest BCUT2D eigenvalue weighted by atomic mass is 10.3. The molecule has 0 saturated carbocycles. The highest BCUT2D eigenvalue weighted by atomic mass is 32.1. The molecule has 8 heteroatoms. The molecule has 0 fully saturated rings. The van der Waals surface area contributed by atoms with Gasteiger partial charge in [0.25, 0.3) is 0 Å². The minimum atomic E-state index is 0.398. The van der Waals surface area contributed by atoms with Crippen molar-refractivity contribution in [1.29, 1.82) is 0 Å². The summed E-state index contributed by atoms with van der Waals surface area (Å²) in [6.07, 6.45) is 2.89. The number of nitrogens with zero attached hydrogens (tertiary/aromatic N) is 2. The summed E-state index contributed by atoms with van der Waals surface area (Å²) in [4.78, 5) is 0. The zero-order chi connectivity index (χ0) is 13.9. The van der Waals surface area contributed by atoms with Gasteiger partial charge in [-0.25, -0.2) is 0 Å². The summed E-state index contributed by atoms with van der Waals surface area (Å²) in [5.41, 5.74) is 6.13. The quantitative estimate of drug-likeness (QED) is 0.378. The molecule has 0 aromatic heterocycles. The van der Waals surface area contributed by atoms with Gasteiger partial charge < -0.3 is 10.6 Å². The highest BCUT2D eigenvalue weighted by molar-refractivity contribution is 7.80. The number of thiocarbonyl (C=S) groups is 2. The van der Waals surface area contributed by atoms with E-state index >= 15 is 0 Å². The highest BCUT2D eigenvalue weighted by Crippen LogP contribution is 2.03. The summed E-state index contributed by atoms with van der Waals surface area (Å²) >= 11 is 9.87. The number of hydrogen-bond donors (Lipinski definition) is 4. The van der Waals surface area contributed by atoms with Crippen LogP contribution in [0.15, 0.2) is 40.5 Å². The molecule has 6 nitrogen and oxygen atoms in total. The van der Waals surface area contributed by atoms with Crippen molar-refractivity contribution in [3.8, 4) is 0 Å². The van der Waals surface area contributed by atoms with Crippen LogP contribution in [-0.2, 0) is 0 Å². The average Bonchev–Trinajstić information content (AvgIpc) is 2.43. The number of benzene rings is 1. The first kappa shape index (κ1) is 15.0. The van der Waals surface area contributed by atoms with Gasteiger partial charge in [-0.05, 0) is 36.6 Å². The highest BCUT2D eigenvalue weighted by Gasteiger charge is 1.93. The molecule has 0 heterocycles. The molecular formula is C11H14N6S2. The fourth-order valence-electron chi connectivity index (χ4n) is 0.995. The van der Waals surface area contributed by atoms with Gasteiger partial charge >= 0.3 is 0 Å². The molecule has 1 rings (SSSR count). The molecule has 0 spiro atoms. The molecule has 1 aromatic rings. The fraction of sp³-hybridized carbons (Fsp3) is 0.0909. The monoisotopic (exact) mass is 294 g/mol. The van der Waals surface area contributed by atoms with Crippen molar-refractivity contribution >= 4 is 52.8 Å². The van der Waals surface area contributed by atoms with Crippen LogP contribution in [0.2, 0.25) is 0 Å². The number of nitrogens with one attached hydrogen (secondary N) is 4. The second-order valence-electron chi connectivity index (χ2n) is 3.18. The third-order valence-electron chi connectivity index (χ3n) is 1.81. The van der Waals surface area contributed by atoms with Crippen LogP contribution in [0.3, 0.4) is 0 Å². The minimum Gasteiger partial charge on any atom is -0.364 e. The predicted molar refractivity (Wildman–Crippen MR) is 87.6 cm³/mol. The van der Waals surface area contributed by atoms with Gasteiger partial charge in [0.1, 0.15) is 0 Å². The van der Waals surface area contributed by atoms with Gasteiger partial charge in [-0.15, -0.1) is 0 Å². The summed E-state index contributed by atoms with van der Waals surface area (Å²) in [5, 5.41) is 14.2. The van der Waals surface area contributed by atoms with E-state index in [1.165, 1.54) is 12.4 Å². The van der Waals surface area contributed by atoms with E-state index in [-0.39, 0.29) is 0 Å². The summed E-state index contributed by atoms with van der Waals surface area (Å²) < 4.78 is 0. The van der Waals surface area contributed by atoms with Crippen LogP contribution in [0.1, 0.15) is 0 Å². The molecular weight excluding hydrogens is 280 g/mol. The Morgan fingerprint density at radius 3 is 2.16 bits per heavy atom. The second-order valence-corrected chi connectivity index (χ2v) is 4.00. The maximum Gasteiger partial charge on any atom is 0.191 e. The molecule has 0 bridgehead atoms. The molecule has 0 atom stereocenters. The van der Waals surface area contributed by atoms with E-state index in [0.29, 0.717) is 10.2 Å². The molecule has 1 aromatic carbocycles. The number of para-hydroxylation sites is 1. The Kier molecular flexibility index (Phi) is 7.06. The van der Waals surface area contributed by atoms with E-state index in [1.807, 2.05) is 30.3 Å². The van der Waals surface area contributed by atoms with E-state index in [1.54, 1.807) is 7.05 Å². The zero-order valence-corrected chi connectivity index (χ0v) is 11.9. The molecule has 0 saturated heterocycles. The minimum absolute atomic E-state index is 0.398. The molecule has 100 valence electrons. The van der Waals surface area contributed by atoms with Crippen molar-refractivity contribution in [2.75, 3.05) is 12.4 Å². The van der Waals surface area contributed by atoms with Crippen LogP contribution >= 0.6 is 24.4 Å². The van der Waals surface area contributed by atoms with Crippen molar-refractivity contribution < 1.29 is 0 Å². The van der Waals surface area contributed by atoms with E-state index in [9.17, 15) is 0 Å². The SMILES string of the molecule is CNC(=S)NN=CC=NNC(=S)Nc1ccccc1. The lowest BCUT2D eigenvalue weighted by molar-refractivity contribution is 0.983. The van der Waals surface area contributed by atoms with Crippen LogP contribution < -0.4 is 21.5 Å². The first-order chi connectivity index (χ1) is 9.22. The maximum atomic E-state index is 5.05. The summed E-state index contributed by atoms with van der Waals surface area (Å²) in [6, 6.07) is 9.57. The summed E-state index contributed by atoms with van der Waals surface area (Å²) in [6.45, 7) is 0. The Morgan fingerprint density at radius 2 is 1.58 bits per heavy atom. The van der Waals surface area contributed by atoms with Crippen LogP contribution in [0, 0.1) is 0 Å². The Balaban J connectivity index is 2.25. The molecule has 4 N–H and O–H groups in total. The van der Waals surface area contributed by atoms with Crippen LogP contribution in [0.4, 0.5) is 5.69 Å². The Bertz CT molecular complexity index is 471. The van der Waals surface area contributed by atoms with Crippen molar-refractivity contribution in [1.82, 2.24) is 16.2 Å². The summed E-state index contributed by atoms with van der Waals surface area (Å²) in [5.74, 6) is 0. The molecule has 0 radical (unpaired) electrons. The molecule has 0 aliphatic carbocycles. The van der Waals surface area contributed by atoms with E-state index in [4.69, 9.17) is 24.4 Å². The lowest BCUT2D eigenvalue weighted by Gasteiger charge is -2.05. The van der Waals surface area contributed by atoms with Crippen molar-refractivity contribution in [2.45, 2.75) is 0 Å². The van der Waals surface area contributed by atoms with Crippen molar-refractivity contribution in [3.63, 3.8) is 0 Å². The third kappa shape index (κ3) is 7.06. The fourth-order valence-corrected chi connectivity index (χ4v) is 1.22. The number of anilines is 1. The number of hydrazone groups is 2. The Hall–Kier alpha value is -2.06. The molecule has 19 heavy (non-hydrogen) atoms. The van der Waals surface area contributed by atoms with E-state index in [0.717, 1.165) is 5.69 Å². The first-order valence-corrected chi connectivity index (χ1v) is 6.18. The third-order valence-corrected chi connectivity index (χ3v) is 2.30. The Labute approximate surface area is 122 Å². The topological polar surface area (TPSA) is 72.8 Å². The van der Waals surface area contributed by atoms with Crippen LogP contribution in [0.25, 0.3) is 0 Å². The molecule has 0 aliphatic heterocycles. The van der Waals surface area contributed by atoms with Gasteiger partial charge in [0.15, 0.2) is 10.2 Å². The van der Waals surface area contributed by atoms with Crippen LogP contribution in [0.5, 0.6) is 0 Å². The van der Waals surface area contributed by atoms with Gasteiger partial charge in [0, 0.05) is 12.7 Å². The van der Waals surface area contributed by atoms with Crippen molar-refractivity contribution in [3.05, 3.63) is 30.3 Å². The van der Waals surface area contributed by atoms with E-state index < -0.39 is 0 Å². The average molecular weight is 294 g/mol. The Morgan fingerprint density at radius 1 is 1.00 bits per heavy atom. The predicted octanol–water partition coefficient (Wildman–Crippen LogP) is 1.04. The van der Waals surface area contributed by atoms with Crippen molar-refractivity contribution in [2.24, 2.45) is 10.2 Å². The second kappa shape index (κ2) is 8.95. The smallest absolute Gasteiger partial charge is 0.191 e. The zero-order valence-electron chi connectivity index (χ0n) is 10.3. The van der Waals surface area contributed by atoms with Gasteiger partial charge in [0.2, 0.25) is 0 Å². The van der Waals surface area contributed by atoms with Gasteiger partial charge in [-0.2, -0.15) is 10.2 Å². The largest absolute Gasteiger partial charge is 0.364 e. The van der Waals surface area contributed by atoms with Gasteiger partial charge in [-0.1, -0.05) is 18.2 Å². The summed E-state index contributed by atoms with van der Waals surface area (Å²) in [7, 11) is 1.70. The molecule has 0 amide bonds. The van der Waals surface area contributed by atoms with Gasteiger partial charge in [0.05, 0.1) is 12.4 Å². The normalized spacial score (nSPS) is 10.4. The lowest BCUT2D eigenvalue weighted by Crippen LogP contribution is -2.28. The maximum absolute atomic E-state index is 5.05. The molecule has 0 unspecified atom stereocenters. The molecule has 0 aliphatic rings. The number of rotatable bonds is 4. The van der Waals surface area contributed by atoms with E-state index in [2.05, 4.69) is 31.7 Å².